The second kappa shape index (κ2) is 7.73. The number of anilines is 1. The van der Waals surface area contributed by atoms with Crippen LogP contribution in [0.5, 0.6) is 0 Å². The summed E-state index contributed by atoms with van der Waals surface area (Å²) in [4.78, 5) is 14.4. The maximum absolute atomic E-state index is 13.0. The van der Waals surface area contributed by atoms with E-state index in [-0.39, 0.29) is 5.91 Å². The molecule has 0 unspecified atom stereocenters. The molecule has 1 aliphatic heterocycles. The minimum atomic E-state index is -0.243. The molecule has 0 aliphatic carbocycles. The predicted octanol–water partition coefficient (Wildman–Crippen LogP) is 3.63. The Morgan fingerprint density at radius 1 is 1.28 bits per heavy atom. The van der Waals surface area contributed by atoms with Crippen molar-refractivity contribution in [2.45, 2.75) is 19.9 Å². The number of nitrogens with zero attached hydrogens (tertiary/aromatic N) is 4. The van der Waals surface area contributed by atoms with E-state index < -0.39 is 0 Å². The number of benzene rings is 1. The number of carbonyl (C=O) groups excluding carboxylic acids is 1. The van der Waals surface area contributed by atoms with Crippen LogP contribution in [0.4, 0.5) is 5.69 Å². The third-order valence-electron chi connectivity index (χ3n) is 4.41. The SMILES string of the molecule is Cc1ccc(-c2nn(CCC#N)cc2/C=C2/NC(=S)N(c3ccccc3)C2=O)o1. The van der Waals surface area contributed by atoms with Gasteiger partial charge in [-0.1, -0.05) is 18.2 Å². The van der Waals surface area contributed by atoms with E-state index in [1.807, 2.05) is 49.4 Å². The minimum absolute atomic E-state index is 0.243. The summed E-state index contributed by atoms with van der Waals surface area (Å²) >= 11 is 5.36. The van der Waals surface area contributed by atoms with Crippen molar-refractivity contribution in [2.75, 3.05) is 4.90 Å². The van der Waals surface area contributed by atoms with E-state index in [1.165, 1.54) is 4.90 Å². The van der Waals surface area contributed by atoms with Gasteiger partial charge in [0.15, 0.2) is 10.9 Å². The number of aryl methyl sites for hydroxylation is 2. The molecule has 1 amide bonds. The van der Waals surface area contributed by atoms with E-state index in [4.69, 9.17) is 21.9 Å². The number of furan rings is 1. The Kier molecular flexibility index (Phi) is 4.97. The van der Waals surface area contributed by atoms with Gasteiger partial charge in [-0.25, -0.2) is 0 Å². The number of nitriles is 1. The maximum atomic E-state index is 13.0. The highest BCUT2D eigenvalue weighted by Crippen LogP contribution is 2.28. The van der Waals surface area contributed by atoms with Crippen molar-refractivity contribution in [2.24, 2.45) is 0 Å². The molecule has 144 valence electrons. The second-order valence-electron chi connectivity index (χ2n) is 6.48. The molecular formula is C21H17N5O2S. The van der Waals surface area contributed by atoms with E-state index in [2.05, 4.69) is 16.5 Å². The highest BCUT2D eigenvalue weighted by atomic mass is 32.1. The summed E-state index contributed by atoms with van der Waals surface area (Å²) in [5.41, 5.74) is 2.35. The first-order valence-electron chi connectivity index (χ1n) is 9.00. The van der Waals surface area contributed by atoms with E-state index >= 15 is 0 Å². The third-order valence-corrected chi connectivity index (χ3v) is 4.69. The Hall–Kier alpha value is -3.70. The number of rotatable bonds is 5. The fourth-order valence-corrected chi connectivity index (χ4v) is 3.38. The lowest BCUT2D eigenvalue weighted by Gasteiger charge is -2.13. The lowest BCUT2D eigenvalue weighted by molar-refractivity contribution is -0.113. The molecule has 3 heterocycles. The molecule has 0 bridgehead atoms. The quantitative estimate of drug-likeness (QED) is 0.517. The lowest BCUT2D eigenvalue weighted by atomic mass is 10.1. The summed E-state index contributed by atoms with van der Waals surface area (Å²) < 4.78 is 7.40. The summed E-state index contributed by atoms with van der Waals surface area (Å²) in [6.07, 6.45) is 3.83. The summed E-state index contributed by atoms with van der Waals surface area (Å²) in [5, 5.41) is 16.7. The number of para-hydroxylation sites is 1. The zero-order valence-electron chi connectivity index (χ0n) is 15.6. The summed E-state index contributed by atoms with van der Waals surface area (Å²) in [5.74, 6) is 1.11. The van der Waals surface area contributed by atoms with Crippen molar-refractivity contribution in [1.29, 1.82) is 5.26 Å². The molecule has 0 saturated carbocycles. The fraction of sp³-hybridized carbons (Fsp3) is 0.143. The molecular weight excluding hydrogens is 386 g/mol. The molecule has 8 heteroatoms. The number of amides is 1. The number of carbonyl (C=O) groups is 1. The van der Waals surface area contributed by atoms with Crippen LogP contribution in [0.15, 0.2) is 58.8 Å². The Morgan fingerprint density at radius 3 is 2.76 bits per heavy atom. The van der Waals surface area contributed by atoms with Crippen molar-refractivity contribution < 1.29 is 9.21 Å². The summed E-state index contributed by atoms with van der Waals surface area (Å²) in [6.45, 7) is 2.30. The van der Waals surface area contributed by atoms with E-state index in [0.717, 1.165) is 5.76 Å². The van der Waals surface area contributed by atoms with Gasteiger partial charge in [0.25, 0.3) is 5.91 Å². The first-order valence-corrected chi connectivity index (χ1v) is 9.41. The molecule has 29 heavy (non-hydrogen) atoms. The average Bonchev–Trinajstić information content (AvgIpc) is 3.39. The molecule has 1 saturated heterocycles. The molecule has 1 aromatic carbocycles. The smallest absolute Gasteiger partial charge is 0.281 e. The Labute approximate surface area is 172 Å². The second-order valence-corrected chi connectivity index (χ2v) is 6.87. The van der Waals surface area contributed by atoms with Crippen LogP contribution < -0.4 is 10.2 Å². The largest absolute Gasteiger partial charge is 0.460 e. The van der Waals surface area contributed by atoms with Crippen LogP contribution >= 0.6 is 12.2 Å². The van der Waals surface area contributed by atoms with E-state index in [1.54, 1.807) is 17.0 Å². The number of thiocarbonyl (C=S) groups is 1. The van der Waals surface area contributed by atoms with Gasteiger partial charge in [0.05, 0.1) is 24.7 Å². The van der Waals surface area contributed by atoms with Gasteiger partial charge in [-0.2, -0.15) is 10.4 Å². The zero-order valence-corrected chi connectivity index (χ0v) is 16.4. The van der Waals surface area contributed by atoms with Crippen LogP contribution in [0.1, 0.15) is 17.7 Å². The molecule has 0 radical (unpaired) electrons. The molecule has 3 aromatic rings. The Bertz CT molecular complexity index is 1150. The summed E-state index contributed by atoms with van der Waals surface area (Å²) in [7, 11) is 0. The minimum Gasteiger partial charge on any atom is -0.460 e. The highest BCUT2D eigenvalue weighted by Gasteiger charge is 2.32. The van der Waals surface area contributed by atoms with Gasteiger partial charge in [0.1, 0.15) is 17.2 Å². The standard InChI is InChI=1S/C21H17N5O2S/c1-14-8-9-18(28-14)19-15(13-25(24-19)11-5-10-22)12-17-20(27)26(21(29)23-17)16-6-3-2-4-7-16/h2-4,6-9,12-13H,5,11H2,1H3,(H,23,29)/b17-12+. The van der Waals surface area contributed by atoms with Gasteiger partial charge in [0.2, 0.25) is 0 Å². The monoisotopic (exact) mass is 403 g/mol. The third kappa shape index (κ3) is 3.68. The number of nitrogens with one attached hydrogen (secondary N) is 1. The molecule has 1 fully saturated rings. The van der Waals surface area contributed by atoms with Crippen molar-refractivity contribution in [1.82, 2.24) is 15.1 Å². The molecule has 0 atom stereocenters. The van der Waals surface area contributed by atoms with Crippen LogP contribution in [0.25, 0.3) is 17.5 Å². The average molecular weight is 403 g/mol. The molecule has 7 nitrogen and oxygen atoms in total. The first-order chi connectivity index (χ1) is 14.1. The molecule has 2 aromatic heterocycles. The first kappa shape index (κ1) is 18.7. The van der Waals surface area contributed by atoms with Crippen LogP contribution in [0, 0.1) is 18.3 Å². The Morgan fingerprint density at radius 2 is 2.07 bits per heavy atom. The van der Waals surface area contributed by atoms with Gasteiger partial charge >= 0.3 is 0 Å². The van der Waals surface area contributed by atoms with Crippen molar-refractivity contribution >= 4 is 35.0 Å². The summed E-state index contributed by atoms with van der Waals surface area (Å²) in [6, 6.07) is 15.0. The van der Waals surface area contributed by atoms with Crippen LogP contribution in [-0.4, -0.2) is 20.8 Å². The van der Waals surface area contributed by atoms with Crippen molar-refractivity contribution in [3.8, 4) is 17.5 Å². The van der Waals surface area contributed by atoms with Gasteiger partial charge in [-0.3, -0.25) is 14.4 Å². The normalized spacial score (nSPS) is 15.0. The van der Waals surface area contributed by atoms with Gasteiger partial charge in [-0.05, 0) is 49.5 Å². The fourth-order valence-electron chi connectivity index (χ4n) is 3.08. The molecule has 0 spiro atoms. The van der Waals surface area contributed by atoms with Crippen LogP contribution in [-0.2, 0) is 11.3 Å². The maximum Gasteiger partial charge on any atom is 0.281 e. The van der Waals surface area contributed by atoms with Crippen LogP contribution in [0.2, 0.25) is 0 Å². The number of hydrogen-bond acceptors (Lipinski definition) is 5. The van der Waals surface area contributed by atoms with Gasteiger partial charge in [0, 0.05) is 11.8 Å². The van der Waals surface area contributed by atoms with E-state index in [0.29, 0.717) is 46.5 Å². The number of aromatic nitrogens is 2. The molecule has 1 N–H and O–H groups in total. The van der Waals surface area contributed by atoms with Crippen molar-refractivity contribution in [3.05, 3.63) is 65.7 Å². The van der Waals surface area contributed by atoms with Crippen LogP contribution in [0.3, 0.4) is 0 Å². The Balaban J connectivity index is 1.72. The molecule has 4 rings (SSSR count). The van der Waals surface area contributed by atoms with Crippen molar-refractivity contribution in [3.63, 3.8) is 0 Å². The van der Waals surface area contributed by atoms with E-state index in [9.17, 15) is 4.79 Å². The highest BCUT2D eigenvalue weighted by molar-refractivity contribution is 7.80. The topological polar surface area (TPSA) is 87.1 Å². The zero-order chi connectivity index (χ0) is 20.4. The van der Waals surface area contributed by atoms with Gasteiger partial charge in [-0.15, -0.1) is 0 Å². The van der Waals surface area contributed by atoms with Gasteiger partial charge < -0.3 is 9.73 Å². The predicted molar refractivity (Wildman–Crippen MR) is 113 cm³/mol. The lowest BCUT2D eigenvalue weighted by Crippen LogP contribution is -2.30. The molecule has 1 aliphatic rings. The number of hydrogen-bond donors (Lipinski definition) is 1.